The number of rotatable bonds is 2. The summed E-state index contributed by atoms with van der Waals surface area (Å²) in [6.45, 7) is 0. The molecule has 5 heteroatoms. The summed E-state index contributed by atoms with van der Waals surface area (Å²) in [4.78, 5) is 0.666. The number of aliphatic hydroxyl groups is 1. The van der Waals surface area contributed by atoms with E-state index in [4.69, 9.17) is 16.0 Å². The van der Waals surface area contributed by atoms with E-state index in [2.05, 4.69) is 0 Å². The maximum atomic E-state index is 13.5. The summed E-state index contributed by atoms with van der Waals surface area (Å²) < 4.78 is 18.8. The van der Waals surface area contributed by atoms with E-state index in [-0.39, 0.29) is 5.58 Å². The summed E-state index contributed by atoms with van der Waals surface area (Å²) in [7, 11) is 0. The summed E-state index contributed by atoms with van der Waals surface area (Å²) in [5, 5.41) is 13.1. The first-order chi connectivity index (χ1) is 8.65. The Morgan fingerprint density at radius 1 is 1.33 bits per heavy atom. The molecule has 2 heterocycles. The molecule has 0 bridgehead atoms. The lowest BCUT2D eigenvalue weighted by Gasteiger charge is -2.03. The van der Waals surface area contributed by atoms with Crippen LogP contribution in [0.3, 0.4) is 0 Å². The molecular weight excluding hydrogens is 275 g/mol. The molecule has 0 fully saturated rings. The molecule has 0 aliphatic rings. The number of hydrogen-bond acceptors (Lipinski definition) is 3. The van der Waals surface area contributed by atoms with Gasteiger partial charge in [-0.1, -0.05) is 23.7 Å². The molecule has 0 amide bonds. The standard InChI is InChI=1S/C13H8ClFO2S/c14-8-5-11(18-6-8)12(16)10-4-7-2-1-3-9(15)13(7)17-10/h1-6,12,16H. The van der Waals surface area contributed by atoms with Gasteiger partial charge in [0.1, 0.15) is 11.9 Å². The zero-order valence-electron chi connectivity index (χ0n) is 9.06. The molecule has 1 atom stereocenters. The van der Waals surface area contributed by atoms with E-state index in [1.807, 2.05) is 0 Å². The van der Waals surface area contributed by atoms with Crippen molar-refractivity contribution in [1.29, 1.82) is 0 Å². The number of aliphatic hydroxyl groups excluding tert-OH is 1. The van der Waals surface area contributed by atoms with Crippen molar-refractivity contribution in [2.24, 2.45) is 0 Å². The zero-order valence-corrected chi connectivity index (χ0v) is 10.6. The van der Waals surface area contributed by atoms with Gasteiger partial charge in [0.25, 0.3) is 0 Å². The average Bonchev–Trinajstić information content (AvgIpc) is 2.95. The minimum absolute atomic E-state index is 0.161. The van der Waals surface area contributed by atoms with Gasteiger partial charge in [-0.25, -0.2) is 4.39 Å². The molecule has 2 nitrogen and oxygen atoms in total. The zero-order chi connectivity index (χ0) is 12.7. The Bertz CT molecular complexity index is 704. The Balaban J connectivity index is 2.06. The Morgan fingerprint density at radius 3 is 2.83 bits per heavy atom. The molecule has 92 valence electrons. The summed E-state index contributed by atoms with van der Waals surface area (Å²) in [5.41, 5.74) is 0.161. The van der Waals surface area contributed by atoms with Crippen molar-refractivity contribution >= 4 is 33.9 Å². The van der Waals surface area contributed by atoms with Crippen molar-refractivity contribution in [2.45, 2.75) is 6.10 Å². The Labute approximate surface area is 111 Å². The normalized spacial score (nSPS) is 13.1. The molecular formula is C13H8ClFO2S. The van der Waals surface area contributed by atoms with Crippen molar-refractivity contribution in [2.75, 3.05) is 0 Å². The summed E-state index contributed by atoms with van der Waals surface area (Å²) in [6, 6.07) is 7.96. The minimum atomic E-state index is -0.922. The van der Waals surface area contributed by atoms with Gasteiger partial charge in [0.2, 0.25) is 0 Å². The Morgan fingerprint density at radius 2 is 2.17 bits per heavy atom. The van der Waals surface area contributed by atoms with Crippen LogP contribution in [0.25, 0.3) is 11.0 Å². The quantitative estimate of drug-likeness (QED) is 0.757. The Kier molecular flexibility index (Phi) is 2.86. The second-order valence-corrected chi connectivity index (χ2v) is 5.26. The third-order valence-corrected chi connectivity index (χ3v) is 3.97. The fourth-order valence-corrected chi connectivity index (χ4v) is 2.87. The SMILES string of the molecule is OC(c1cc2cccc(F)c2o1)c1cc(Cl)cs1. The predicted molar refractivity (Wildman–Crippen MR) is 69.6 cm³/mol. The topological polar surface area (TPSA) is 33.4 Å². The van der Waals surface area contributed by atoms with Crippen molar-refractivity contribution in [3.63, 3.8) is 0 Å². The molecule has 0 aliphatic carbocycles. The van der Waals surface area contributed by atoms with Gasteiger partial charge in [-0.2, -0.15) is 0 Å². The molecule has 0 radical (unpaired) electrons. The molecule has 3 aromatic rings. The molecule has 3 rings (SSSR count). The molecule has 18 heavy (non-hydrogen) atoms. The second-order valence-electron chi connectivity index (χ2n) is 3.88. The molecule has 2 aromatic heterocycles. The molecule has 1 aromatic carbocycles. The minimum Gasteiger partial charge on any atom is -0.455 e. The van der Waals surface area contributed by atoms with E-state index in [0.717, 1.165) is 0 Å². The molecule has 0 aliphatic heterocycles. The molecule has 1 N–H and O–H groups in total. The van der Waals surface area contributed by atoms with Crippen LogP contribution in [0, 0.1) is 5.82 Å². The van der Waals surface area contributed by atoms with Gasteiger partial charge < -0.3 is 9.52 Å². The van der Waals surface area contributed by atoms with Crippen LogP contribution in [0.1, 0.15) is 16.7 Å². The van der Waals surface area contributed by atoms with E-state index in [1.54, 1.807) is 29.6 Å². The van der Waals surface area contributed by atoms with Crippen LogP contribution in [0.5, 0.6) is 0 Å². The number of furan rings is 1. The van der Waals surface area contributed by atoms with Gasteiger partial charge in [-0.05, 0) is 18.2 Å². The molecule has 1 unspecified atom stereocenters. The first-order valence-corrected chi connectivity index (χ1v) is 6.51. The lowest BCUT2D eigenvalue weighted by Crippen LogP contribution is -1.93. The van der Waals surface area contributed by atoms with Gasteiger partial charge in [0.15, 0.2) is 11.4 Å². The predicted octanol–water partition coefficient (Wildman–Crippen LogP) is 4.37. The molecule has 0 spiro atoms. The third-order valence-electron chi connectivity index (χ3n) is 2.64. The highest BCUT2D eigenvalue weighted by Crippen LogP contribution is 2.33. The number of halogens is 2. The maximum Gasteiger partial charge on any atom is 0.170 e. The largest absolute Gasteiger partial charge is 0.455 e. The van der Waals surface area contributed by atoms with Crippen molar-refractivity contribution in [3.05, 3.63) is 57.2 Å². The smallest absolute Gasteiger partial charge is 0.170 e. The number of benzene rings is 1. The van der Waals surface area contributed by atoms with Gasteiger partial charge in [0, 0.05) is 15.6 Å². The maximum absolute atomic E-state index is 13.5. The fourth-order valence-electron chi connectivity index (χ4n) is 1.79. The summed E-state index contributed by atoms with van der Waals surface area (Å²) in [5.74, 6) is -0.122. The van der Waals surface area contributed by atoms with E-state index < -0.39 is 11.9 Å². The van der Waals surface area contributed by atoms with Crippen molar-refractivity contribution in [1.82, 2.24) is 0 Å². The van der Waals surface area contributed by atoms with E-state index in [1.165, 1.54) is 17.4 Å². The number of fused-ring (bicyclic) bond motifs is 1. The molecule has 0 saturated heterocycles. The van der Waals surface area contributed by atoms with Crippen LogP contribution in [-0.4, -0.2) is 5.11 Å². The van der Waals surface area contributed by atoms with Crippen LogP contribution in [0.4, 0.5) is 4.39 Å². The highest BCUT2D eigenvalue weighted by atomic mass is 35.5. The summed E-state index contributed by atoms with van der Waals surface area (Å²) in [6.07, 6.45) is -0.922. The van der Waals surface area contributed by atoms with Crippen LogP contribution < -0.4 is 0 Å². The molecule has 0 saturated carbocycles. The number of para-hydroxylation sites is 1. The first-order valence-electron chi connectivity index (χ1n) is 5.25. The van der Waals surface area contributed by atoms with Crippen LogP contribution in [0.2, 0.25) is 5.02 Å². The van der Waals surface area contributed by atoms with Crippen LogP contribution in [-0.2, 0) is 0 Å². The fraction of sp³-hybridized carbons (Fsp3) is 0.0769. The Hall–Kier alpha value is -1.36. The van der Waals surface area contributed by atoms with Gasteiger partial charge >= 0.3 is 0 Å². The van der Waals surface area contributed by atoms with E-state index in [0.29, 0.717) is 21.0 Å². The first kappa shape index (κ1) is 11.7. The highest BCUT2D eigenvalue weighted by Gasteiger charge is 2.18. The van der Waals surface area contributed by atoms with Crippen molar-refractivity contribution < 1.29 is 13.9 Å². The number of thiophene rings is 1. The van der Waals surface area contributed by atoms with Crippen molar-refractivity contribution in [3.8, 4) is 0 Å². The van der Waals surface area contributed by atoms with Gasteiger partial charge in [0.05, 0.1) is 5.02 Å². The lowest BCUT2D eigenvalue weighted by molar-refractivity contribution is 0.195. The van der Waals surface area contributed by atoms with Crippen LogP contribution >= 0.6 is 22.9 Å². The monoisotopic (exact) mass is 282 g/mol. The van der Waals surface area contributed by atoms with Crippen LogP contribution in [0.15, 0.2) is 40.1 Å². The third kappa shape index (κ3) is 1.92. The van der Waals surface area contributed by atoms with Gasteiger partial charge in [-0.15, -0.1) is 11.3 Å². The number of hydrogen-bond donors (Lipinski definition) is 1. The van der Waals surface area contributed by atoms with Gasteiger partial charge in [-0.3, -0.25) is 0 Å². The average molecular weight is 283 g/mol. The van der Waals surface area contributed by atoms with E-state index >= 15 is 0 Å². The van der Waals surface area contributed by atoms with E-state index in [9.17, 15) is 9.50 Å². The second kappa shape index (κ2) is 4.39. The summed E-state index contributed by atoms with van der Waals surface area (Å²) >= 11 is 7.14. The lowest BCUT2D eigenvalue weighted by atomic mass is 10.2. The highest BCUT2D eigenvalue weighted by molar-refractivity contribution is 7.10.